The monoisotopic (exact) mass is 449 g/mol. The molecule has 0 spiro atoms. The summed E-state index contributed by atoms with van der Waals surface area (Å²) in [5.74, 6) is 0.485. The molecule has 0 unspecified atom stereocenters. The van der Waals surface area contributed by atoms with E-state index in [1.54, 1.807) is 30.0 Å². The molecule has 0 fully saturated rings. The summed E-state index contributed by atoms with van der Waals surface area (Å²) in [5.41, 5.74) is 0.239. The number of rotatable bonds is 7. The lowest BCUT2D eigenvalue weighted by Gasteiger charge is -2.04. The van der Waals surface area contributed by atoms with Crippen LogP contribution in [0.1, 0.15) is 17.3 Å². The van der Waals surface area contributed by atoms with E-state index in [-0.39, 0.29) is 19.9 Å². The number of anilines is 1. The topological polar surface area (TPSA) is 119 Å². The maximum atomic E-state index is 12.7. The normalized spacial score (nSPS) is 11.2. The number of nitrogens with zero attached hydrogens (tertiary/aromatic N) is 2. The molecule has 0 aliphatic heterocycles. The lowest BCUT2D eigenvalue weighted by Crippen LogP contribution is -2.11. The molecular formula is C18H15N3O5S3. The highest BCUT2D eigenvalue weighted by molar-refractivity contribution is 7.99. The van der Waals surface area contributed by atoms with E-state index in [1.807, 2.05) is 13.0 Å². The van der Waals surface area contributed by atoms with Gasteiger partial charge in [0.05, 0.1) is 16.0 Å². The largest absolute Gasteiger partial charge is 0.298 e. The molecule has 0 saturated heterocycles. The summed E-state index contributed by atoms with van der Waals surface area (Å²) in [7, 11) is -3.90. The van der Waals surface area contributed by atoms with E-state index in [4.69, 9.17) is 0 Å². The van der Waals surface area contributed by atoms with Crippen molar-refractivity contribution in [1.29, 1.82) is 0 Å². The van der Waals surface area contributed by atoms with Crippen LogP contribution in [-0.4, -0.2) is 30.0 Å². The zero-order valence-corrected chi connectivity index (χ0v) is 17.5. The number of carbonyl (C=O) groups excluding carboxylic acids is 1. The summed E-state index contributed by atoms with van der Waals surface area (Å²) in [4.78, 5) is 27.4. The molecule has 150 valence electrons. The smallest absolute Gasteiger partial charge is 0.269 e. The first-order chi connectivity index (χ1) is 13.8. The molecule has 11 heteroatoms. The molecule has 0 saturated carbocycles. The number of nitrogens with one attached hydrogen (secondary N) is 1. The van der Waals surface area contributed by atoms with Gasteiger partial charge in [-0.05, 0) is 36.1 Å². The van der Waals surface area contributed by atoms with Crippen molar-refractivity contribution >= 4 is 49.7 Å². The van der Waals surface area contributed by atoms with E-state index < -0.39 is 20.7 Å². The number of thiazole rings is 1. The third-order valence-electron chi connectivity index (χ3n) is 3.73. The summed E-state index contributed by atoms with van der Waals surface area (Å²) in [6, 6.07) is 11.7. The minimum absolute atomic E-state index is 0.0723. The fourth-order valence-electron chi connectivity index (χ4n) is 2.37. The van der Waals surface area contributed by atoms with E-state index in [0.29, 0.717) is 5.56 Å². The molecule has 1 amide bonds. The number of non-ortho nitro benzene ring substituents is 1. The number of hydrogen-bond donors (Lipinski definition) is 1. The van der Waals surface area contributed by atoms with Crippen LogP contribution >= 0.6 is 23.1 Å². The molecule has 1 N–H and O–H groups in total. The van der Waals surface area contributed by atoms with Crippen molar-refractivity contribution in [2.45, 2.75) is 20.9 Å². The van der Waals surface area contributed by atoms with Crippen LogP contribution in [0.4, 0.5) is 10.8 Å². The molecule has 3 rings (SSSR count). The summed E-state index contributed by atoms with van der Waals surface area (Å²) in [5, 5.41) is 13.5. The lowest BCUT2D eigenvalue weighted by atomic mass is 10.2. The first kappa shape index (κ1) is 21.0. The molecular weight excluding hydrogens is 434 g/mol. The van der Waals surface area contributed by atoms with Crippen LogP contribution in [0.15, 0.2) is 68.7 Å². The summed E-state index contributed by atoms with van der Waals surface area (Å²) >= 11 is 2.42. The number of thioether (sulfide) groups is 1. The Kier molecular flexibility index (Phi) is 6.30. The zero-order valence-electron chi connectivity index (χ0n) is 15.1. The van der Waals surface area contributed by atoms with Gasteiger partial charge in [0.25, 0.3) is 11.6 Å². The SMILES string of the molecule is CCSc1cccc(C(=O)Nc2ncc(S(=O)(=O)c3ccc([N+](=O)[O-])cc3)s2)c1. The Balaban J connectivity index is 1.78. The lowest BCUT2D eigenvalue weighted by molar-refractivity contribution is -0.384. The average Bonchev–Trinajstić information content (AvgIpc) is 3.18. The number of amides is 1. The second-order valence-corrected chi connectivity index (χ2v) is 10.2. The highest BCUT2D eigenvalue weighted by Crippen LogP contribution is 2.30. The maximum absolute atomic E-state index is 12.7. The second kappa shape index (κ2) is 8.72. The van der Waals surface area contributed by atoms with Crippen molar-refractivity contribution < 1.29 is 18.1 Å². The summed E-state index contributed by atoms with van der Waals surface area (Å²) in [6.07, 6.45) is 1.15. The number of aromatic nitrogens is 1. The molecule has 0 radical (unpaired) electrons. The Hall–Kier alpha value is -2.76. The molecule has 1 aromatic heterocycles. The van der Waals surface area contributed by atoms with Gasteiger partial charge in [0.2, 0.25) is 9.84 Å². The third kappa shape index (κ3) is 4.81. The predicted molar refractivity (Wildman–Crippen MR) is 111 cm³/mol. The number of sulfone groups is 1. The first-order valence-electron chi connectivity index (χ1n) is 8.31. The van der Waals surface area contributed by atoms with Crippen molar-refractivity contribution in [1.82, 2.24) is 4.98 Å². The van der Waals surface area contributed by atoms with Gasteiger partial charge in [0, 0.05) is 22.6 Å². The second-order valence-electron chi connectivity index (χ2n) is 5.65. The molecule has 8 nitrogen and oxygen atoms in total. The maximum Gasteiger partial charge on any atom is 0.269 e. The van der Waals surface area contributed by atoms with Gasteiger partial charge in [-0.2, -0.15) is 0 Å². The minimum Gasteiger partial charge on any atom is -0.298 e. The van der Waals surface area contributed by atoms with Crippen molar-refractivity contribution in [3.05, 3.63) is 70.4 Å². The number of nitro benzene ring substituents is 1. The van der Waals surface area contributed by atoms with Gasteiger partial charge in [-0.3, -0.25) is 20.2 Å². The number of benzene rings is 2. The van der Waals surface area contributed by atoms with Crippen LogP contribution in [0.2, 0.25) is 0 Å². The number of carbonyl (C=O) groups is 1. The molecule has 3 aromatic rings. The van der Waals surface area contributed by atoms with Crippen LogP contribution < -0.4 is 5.32 Å². The van der Waals surface area contributed by atoms with Crippen LogP contribution in [0.3, 0.4) is 0 Å². The fraction of sp³-hybridized carbons (Fsp3) is 0.111. The van der Waals surface area contributed by atoms with E-state index in [2.05, 4.69) is 10.3 Å². The minimum atomic E-state index is -3.90. The van der Waals surface area contributed by atoms with Gasteiger partial charge >= 0.3 is 0 Å². The number of hydrogen-bond acceptors (Lipinski definition) is 8. The summed E-state index contributed by atoms with van der Waals surface area (Å²) in [6.45, 7) is 2.01. The van der Waals surface area contributed by atoms with Gasteiger partial charge in [-0.1, -0.05) is 24.3 Å². The Labute approximate surface area is 175 Å². The van der Waals surface area contributed by atoms with Crippen molar-refractivity contribution in [3.63, 3.8) is 0 Å². The molecule has 0 aliphatic rings. The van der Waals surface area contributed by atoms with E-state index in [9.17, 15) is 23.3 Å². The first-order valence-corrected chi connectivity index (χ1v) is 11.6. The Morgan fingerprint density at radius 3 is 2.62 bits per heavy atom. The molecule has 0 aliphatic carbocycles. The zero-order chi connectivity index (χ0) is 21.0. The molecule has 2 aromatic carbocycles. The van der Waals surface area contributed by atoms with Gasteiger partial charge in [0.1, 0.15) is 4.21 Å². The van der Waals surface area contributed by atoms with E-state index in [1.165, 1.54) is 12.1 Å². The average molecular weight is 450 g/mol. The van der Waals surface area contributed by atoms with Crippen LogP contribution in [0, 0.1) is 10.1 Å². The predicted octanol–water partition coefficient (Wildman–Crippen LogP) is 4.25. The van der Waals surface area contributed by atoms with Gasteiger partial charge in [-0.15, -0.1) is 11.8 Å². The van der Waals surface area contributed by atoms with Gasteiger partial charge in [-0.25, -0.2) is 13.4 Å². The Morgan fingerprint density at radius 1 is 1.24 bits per heavy atom. The van der Waals surface area contributed by atoms with Crippen molar-refractivity contribution in [3.8, 4) is 0 Å². The van der Waals surface area contributed by atoms with E-state index >= 15 is 0 Å². The van der Waals surface area contributed by atoms with Gasteiger partial charge in [0.15, 0.2) is 5.13 Å². The quantitative estimate of drug-likeness (QED) is 0.325. The highest BCUT2D eigenvalue weighted by atomic mass is 32.2. The van der Waals surface area contributed by atoms with Crippen molar-refractivity contribution in [2.75, 3.05) is 11.1 Å². The Morgan fingerprint density at radius 2 is 1.97 bits per heavy atom. The number of nitro groups is 1. The highest BCUT2D eigenvalue weighted by Gasteiger charge is 2.22. The third-order valence-corrected chi connectivity index (χ3v) is 7.75. The standard InChI is InChI=1S/C18H15N3O5S3/c1-2-27-14-5-3-4-12(10-14)17(22)20-18-19-11-16(28-18)29(25,26)15-8-6-13(7-9-15)21(23)24/h3-11H,2H2,1H3,(H,19,20,22). The fourth-order valence-corrected chi connectivity index (χ4v) is 5.51. The van der Waals surface area contributed by atoms with Gasteiger partial charge < -0.3 is 0 Å². The van der Waals surface area contributed by atoms with Crippen LogP contribution in [0.25, 0.3) is 0 Å². The molecule has 0 bridgehead atoms. The molecule has 0 atom stereocenters. The van der Waals surface area contributed by atoms with E-state index in [0.717, 1.165) is 40.3 Å². The van der Waals surface area contributed by atoms with Crippen LogP contribution in [0.5, 0.6) is 0 Å². The molecule has 29 heavy (non-hydrogen) atoms. The Bertz CT molecular complexity index is 1160. The molecule has 1 heterocycles. The van der Waals surface area contributed by atoms with Crippen molar-refractivity contribution in [2.24, 2.45) is 0 Å². The summed E-state index contributed by atoms with van der Waals surface area (Å²) < 4.78 is 25.3. The van der Waals surface area contributed by atoms with Crippen LogP contribution in [-0.2, 0) is 9.84 Å².